The van der Waals surface area contributed by atoms with Crippen LogP contribution < -0.4 is 10.2 Å². The maximum absolute atomic E-state index is 12.1. The summed E-state index contributed by atoms with van der Waals surface area (Å²) < 4.78 is 0. The zero-order chi connectivity index (χ0) is 16.7. The van der Waals surface area contributed by atoms with Gasteiger partial charge in [-0.1, -0.05) is 18.2 Å². The van der Waals surface area contributed by atoms with Crippen molar-refractivity contribution in [3.63, 3.8) is 0 Å². The average molecular weight is 312 g/mol. The number of hydrogen-bond donors (Lipinski definition) is 1. The van der Waals surface area contributed by atoms with Gasteiger partial charge in [0, 0.05) is 32.7 Å². The summed E-state index contributed by atoms with van der Waals surface area (Å²) in [6.45, 7) is 9.47. The Balaban J connectivity index is 2.01. The average Bonchev–Trinajstić information content (AvgIpc) is 2.84. The highest BCUT2D eigenvalue weighted by atomic mass is 16.2. The molecule has 5 nitrogen and oxygen atoms in total. The van der Waals surface area contributed by atoms with Crippen molar-refractivity contribution >= 4 is 11.6 Å². The Labute approximate surface area is 138 Å². The lowest BCUT2D eigenvalue weighted by molar-refractivity contribution is -0.125. The maximum Gasteiger partial charge on any atom is 0.237 e. The number of carbonyl (C=O) groups excluding carboxylic acids is 1. The third kappa shape index (κ3) is 4.33. The SMILES string of the molecule is C=CCNC(=O)C(C)N1CCCN(c2ccccc2C#N)CC1. The van der Waals surface area contributed by atoms with E-state index in [0.29, 0.717) is 12.1 Å². The molecule has 1 saturated heterocycles. The van der Waals surface area contributed by atoms with Crippen molar-refractivity contribution in [2.45, 2.75) is 19.4 Å². The number of amides is 1. The number of anilines is 1. The summed E-state index contributed by atoms with van der Waals surface area (Å²) >= 11 is 0. The summed E-state index contributed by atoms with van der Waals surface area (Å²) in [6.07, 6.45) is 2.66. The largest absolute Gasteiger partial charge is 0.369 e. The van der Waals surface area contributed by atoms with Crippen LogP contribution in [0.2, 0.25) is 0 Å². The molecule has 1 aromatic rings. The second-order valence-corrected chi connectivity index (χ2v) is 5.72. The second-order valence-electron chi connectivity index (χ2n) is 5.72. The van der Waals surface area contributed by atoms with E-state index >= 15 is 0 Å². The van der Waals surface area contributed by atoms with Gasteiger partial charge < -0.3 is 10.2 Å². The van der Waals surface area contributed by atoms with Crippen molar-refractivity contribution in [1.29, 1.82) is 5.26 Å². The van der Waals surface area contributed by atoms with Crippen LogP contribution in [-0.2, 0) is 4.79 Å². The molecule has 1 N–H and O–H groups in total. The third-order valence-corrected chi connectivity index (χ3v) is 4.24. The monoisotopic (exact) mass is 312 g/mol. The molecule has 0 aliphatic carbocycles. The summed E-state index contributed by atoms with van der Waals surface area (Å²) in [5.41, 5.74) is 1.69. The summed E-state index contributed by atoms with van der Waals surface area (Å²) in [6, 6.07) is 9.80. The van der Waals surface area contributed by atoms with Gasteiger partial charge in [0.1, 0.15) is 6.07 Å². The molecule has 1 aromatic carbocycles. The lowest BCUT2D eigenvalue weighted by atomic mass is 10.1. The van der Waals surface area contributed by atoms with E-state index in [9.17, 15) is 10.1 Å². The van der Waals surface area contributed by atoms with Crippen LogP contribution in [0.3, 0.4) is 0 Å². The van der Waals surface area contributed by atoms with Gasteiger partial charge in [-0.3, -0.25) is 9.69 Å². The molecular formula is C18H24N4O. The zero-order valence-corrected chi connectivity index (χ0v) is 13.7. The fourth-order valence-electron chi connectivity index (χ4n) is 2.90. The summed E-state index contributed by atoms with van der Waals surface area (Å²) in [4.78, 5) is 16.6. The Hall–Kier alpha value is -2.32. The number of nitriles is 1. The molecule has 0 spiro atoms. The van der Waals surface area contributed by atoms with Gasteiger partial charge >= 0.3 is 0 Å². The van der Waals surface area contributed by atoms with Crippen LogP contribution >= 0.6 is 0 Å². The van der Waals surface area contributed by atoms with Gasteiger partial charge in [0.2, 0.25) is 5.91 Å². The second kappa shape index (κ2) is 8.35. The quantitative estimate of drug-likeness (QED) is 0.842. The van der Waals surface area contributed by atoms with Crippen LogP contribution in [0, 0.1) is 11.3 Å². The Morgan fingerprint density at radius 2 is 2.17 bits per heavy atom. The van der Waals surface area contributed by atoms with Crippen molar-refractivity contribution in [2.24, 2.45) is 0 Å². The minimum absolute atomic E-state index is 0.0378. The molecule has 23 heavy (non-hydrogen) atoms. The first-order chi connectivity index (χ1) is 11.2. The van der Waals surface area contributed by atoms with E-state index in [4.69, 9.17) is 0 Å². The van der Waals surface area contributed by atoms with Crippen LogP contribution in [0.25, 0.3) is 0 Å². The molecule has 0 saturated carbocycles. The molecule has 1 unspecified atom stereocenters. The molecule has 1 fully saturated rings. The summed E-state index contributed by atoms with van der Waals surface area (Å²) in [5.74, 6) is 0.0378. The summed E-state index contributed by atoms with van der Waals surface area (Å²) in [7, 11) is 0. The van der Waals surface area contributed by atoms with E-state index in [1.165, 1.54) is 0 Å². The molecular weight excluding hydrogens is 288 g/mol. The Morgan fingerprint density at radius 3 is 2.91 bits per heavy atom. The Morgan fingerprint density at radius 1 is 1.39 bits per heavy atom. The molecule has 122 valence electrons. The minimum Gasteiger partial charge on any atom is -0.369 e. The number of para-hydroxylation sites is 1. The number of nitrogens with zero attached hydrogens (tertiary/aromatic N) is 3. The van der Waals surface area contributed by atoms with Crippen LogP contribution in [0.1, 0.15) is 18.9 Å². The molecule has 1 amide bonds. The third-order valence-electron chi connectivity index (χ3n) is 4.24. The van der Waals surface area contributed by atoms with E-state index in [2.05, 4.69) is 27.8 Å². The Kier molecular flexibility index (Phi) is 6.19. The molecule has 1 atom stereocenters. The standard InChI is InChI=1S/C18H24N4O/c1-3-9-20-18(23)15(2)21-10-6-11-22(13-12-21)17-8-5-4-7-16(17)14-19/h3-5,7-8,15H,1,6,9-13H2,2H3,(H,20,23). The van der Waals surface area contributed by atoms with E-state index < -0.39 is 0 Å². The van der Waals surface area contributed by atoms with Crippen molar-refractivity contribution < 1.29 is 4.79 Å². The van der Waals surface area contributed by atoms with E-state index in [1.807, 2.05) is 31.2 Å². The predicted octanol–water partition coefficient (Wildman–Crippen LogP) is 1.76. The molecule has 2 rings (SSSR count). The van der Waals surface area contributed by atoms with E-state index in [-0.39, 0.29) is 11.9 Å². The fraction of sp³-hybridized carbons (Fsp3) is 0.444. The van der Waals surface area contributed by atoms with Gasteiger partial charge in [-0.15, -0.1) is 6.58 Å². The maximum atomic E-state index is 12.1. The highest BCUT2D eigenvalue weighted by Gasteiger charge is 2.24. The van der Waals surface area contributed by atoms with Gasteiger partial charge in [0.15, 0.2) is 0 Å². The smallest absolute Gasteiger partial charge is 0.237 e. The van der Waals surface area contributed by atoms with Crippen molar-refractivity contribution in [1.82, 2.24) is 10.2 Å². The molecule has 5 heteroatoms. The number of hydrogen-bond acceptors (Lipinski definition) is 4. The number of benzene rings is 1. The molecule has 0 bridgehead atoms. The fourth-order valence-corrected chi connectivity index (χ4v) is 2.90. The first-order valence-electron chi connectivity index (χ1n) is 8.04. The highest BCUT2D eigenvalue weighted by molar-refractivity contribution is 5.81. The van der Waals surface area contributed by atoms with Crippen LogP contribution in [0.4, 0.5) is 5.69 Å². The normalized spacial score (nSPS) is 17.0. The zero-order valence-electron chi connectivity index (χ0n) is 13.7. The summed E-state index contributed by atoms with van der Waals surface area (Å²) in [5, 5.41) is 12.1. The lowest BCUT2D eigenvalue weighted by Crippen LogP contribution is -2.46. The number of nitrogens with one attached hydrogen (secondary N) is 1. The predicted molar refractivity (Wildman–Crippen MR) is 92.2 cm³/mol. The topological polar surface area (TPSA) is 59.4 Å². The molecule has 0 aromatic heterocycles. The van der Waals surface area contributed by atoms with Gasteiger partial charge in [0.25, 0.3) is 0 Å². The van der Waals surface area contributed by atoms with Crippen LogP contribution in [-0.4, -0.2) is 49.6 Å². The lowest BCUT2D eigenvalue weighted by Gasteiger charge is -2.27. The van der Waals surface area contributed by atoms with Gasteiger partial charge in [-0.25, -0.2) is 0 Å². The molecule has 1 aliphatic rings. The first-order valence-corrected chi connectivity index (χ1v) is 8.04. The van der Waals surface area contributed by atoms with Crippen molar-refractivity contribution in [3.05, 3.63) is 42.5 Å². The van der Waals surface area contributed by atoms with Crippen LogP contribution in [0.5, 0.6) is 0 Å². The van der Waals surface area contributed by atoms with Gasteiger partial charge in [0.05, 0.1) is 17.3 Å². The van der Waals surface area contributed by atoms with Crippen molar-refractivity contribution in [2.75, 3.05) is 37.6 Å². The van der Waals surface area contributed by atoms with Crippen molar-refractivity contribution in [3.8, 4) is 6.07 Å². The van der Waals surface area contributed by atoms with Gasteiger partial charge in [-0.2, -0.15) is 5.26 Å². The van der Waals surface area contributed by atoms with Gasteiger partial charge in [-0.05, 0) is 25.5 Å². The molecule has 1 aliphatic heterocycles. The molecule has 1 heterocycles. The van der Waals surface area contributed by atoms with Crippen LogP contribution in [0.15, 0.2) is 36.9 Å². The highest BCUT2D eigenvalue weighted by Crippen LogP contribution is 2.21. The van der Waals surface area contributed by atoms with E-state index in [1.54, 1.807) is 6.08 Å². The van der Waals surface area contributed by atoms with E-state index in [0.717, 1.165) is 38.3 Å². The molecule has 0 radical (unpaired) electrons. The minimum atomic E-state index is -0.152. The number of rotatable bonds is 5. The number of carbonyl (C=O) groups is 1. The first kappa shape index (κ1) is 17.0. The Bertz CT molecular complexity index is 593.